The van der Waals surface area contributed by atoms with Crippen molar-refractivity contribution in [3.63, 3.8) is 0 Å². The van der Waals surface area contributed by atoms with Crippen LogP contribution in [0.15, 0.2) is 0 Å². The van der Waals surface area contributed by atoms with Gasteiger partial charge in [-0.25, -0.2) is 0 Å². The van der Waals surface area contributed by atoms with Gasteiger partial charge in [0.2, 0.25) is 0 Å². The smallest absolute Gasteiger partial charge is 0.264 e. The molecule has 0 amide bonds. The van der Waals surface area contributed by atoms with Gasteiger partial charge < -0.3 is 0 Å². The van der Waals surface area contributed by atoms with E-state index >= 15 is 0 Å². The zero-order valence-electron chi connectivity index (χ0n) is 6.98. The van der Waals surface area contributed by atoms with Crippen LogP contribution in [0.2, 0.25) is 15.3 Å². The lowest BCUT2D eigenvalue weighted by Gasteiger charge is -2.08. The molecule has 0 aromatic rings. The Labute approximate surface area is 62.4 Å². The average molecular weight is 148 g/mol. The minimum atomic E-state index is -0.265. The maximum absolute atomic E-state index is 2.36. The first kappa shape index (κ1) is 12.2. The first-order valence-electron chi connectivity index (χ1n) is 3.72. The number of halogens is 1. The lowest BCUT2D eigenvalue weighted by atomic mass is 10.6. The molecule has 0 radical (unpaired) electrons. The highest BCUT2D eigenvalue weighted by molar-refractivity contribution is 6.60. The second-order valence-corrected chi connectivity index (χ2v) is 7.31. The molecule has 9 heavy (non-hydrogen) atoms. The summed E-state index contributed by atoms with van der Waals surface area (Å²) >= 11 is -0.265. The van der Waals surface area contributed by atoms with Crippen LogP contribution in [0.1, 0.15) is 27.7 Å². The molecule has 0 spiro atoms. The molecule has 0 saturated carbocycles. The second kappa shape index (κ2) is 6.58. The summed E-state index contributed by atoms with van der Waals surface area (Å²) < 4.78 is 1.02. The lowest BCUT2D eigenvalue weighted by Crippen LogP contribution is -2.12. The Bertz CT molecular complexity index is 50.9. The topological polar surface area (TPSA) is 0 Å². The molecule has 0 heterocycles. The van der Waals surface area contributed by atoms with Gasteiger partial charge in [0.1, 0.15) is 0 Å². The van der Waals surface area contributed by atoms with E-state index in [1.54, 1.807) is 0 Å². The van der Waals surface area contributed by atoms with Crippen LogP contribution in [0.5, 0.6) is 0 Å². The van der Waals surface area contributed by atoms with Gasteiger partial charge in [-0.05, 0) is 0 Å². The number of hydrogen-bond donors (Lipinski definition) is 0. The van der Waals surface area contributed by atoms with Crippen molar-refractivity contribution in [3.8, 4) is 0 Å². The molecular weight excluding hydrogens is 130 g/mol. The van der Waals surface area contributed by atoms with Gasteiger partial charge in [-0.1, -0.05) is 43.0 Å². The predicted octanol–water partition coefficient (Wildman–Crippen LogP) is 3.08. The summed E-state index contributed by atoms with van der Waals surface area (Å²) in [5.74, 6) is 0. The molecule has 0 aromatic carbocycles. The third-order valence-corrected chi connectivity index (χ3v) is 5.97. The van der Waals surface area contributed by atoms with E-state index in [4.69, 9.17) is 0 Å². The zero-order valence-corrected chi connectivity index (χ0v) is 8.13. The molecule has 0 aliphatic heterocycles. The maximum Gasteiger partial charge on any atom is 0.264 e. The molecule has 0 fully saturated rings. The molecule has 0 nitrogen and oxygen atoms in total. The Morgan fingerprint density at radius 2 is 1.44 bits per heavy atom. The largest absolute Gasteiger partial charge is 0.269 e. The van der Waals surface area contributed by atoms with Gasteiger partial charge in [0.15, 0.2) is 0 Å². The first-order valence-corrected chi connectivity index (χ1v) is 6.02. The van der Waals surface area contributed by atoms with E-state index in [1.165, 1.54) is 10.6 Å². The summed E-state index contributed by atoms with van der Waals surface area (Å²) in [6.45, 7) is 9.40. The molecule has 2 heteroatoms. The minimum Gasteiger partial charge on any atom is -0.269 e. The summed E-state index contributed by atoms with van der Waals surface area (Å²) in [5.41, 5.74) is 0. The van der Waals surface area contributed by atoms with Crippen LogP contribution in [-0.2, 0) is 0 Å². The molecule has 0 aromatic heterocycles. The van der Waals surface area contributed by atoms with Gasteiger partial charge in [0.05, 0.1) is 0 Å². The summed E-state index contributed by atoms with van der Waals surface area (Å²) in [7, 11) is 0. The third-order valence-electron chi connectivity index (χ3n) is 1.99. The van der Waals surface area contributed by atoms with E-state index in [2.05, 4.69) is 27.7 Å². The highest BCUT2D eigenvalue weighted by Gasteiger charge is 2.14. The van der Waals surface area contributed by atoms with E-state index in [0.717, 1.165) is 4.78 Å². The Morgan fingerprint density at radius 1 is 1.11 bits per heavy atom. The van der Waals surface area contributed by atoms with Crippen molar-refractivity contribution in [1.29, 1.82) is 0 Å². The Hall–Kier alpha value is 0.462. The second-order valence-electron chi connectivity index (χ2n) is 2.82. The van der Waals surface area contributed by atoms with Crippen molar-refractivity contribution in [2.75, 3.05) is 0 Å². The van der Waals surface area contributed by atoms with Crippen molar-refractivity contribution >= 4 is 14.1 Å². The van der Waals surface area contributed by atoms with Gasteiger partial charge in [-0.3, -0.25) is 4.70 Å². The zero-order chi connectivity index (χ0) is 6.57. The first-order chi connectivity index (χ1) is 3.72. The Balaban J connectivity index is 0. The molecule has 0 rings (SSSR count). The van der Waals surface area contributed by atoms with Crippen molar-refractivity contribution in [2.45, 2.75) is 43.0 Å². The van der Waals surface area contributed by atoms with Crippen LogP contribution < -0.4 is 0 Å². The van der Waals surface area contributed by atoms with Gasteiger partial charge in [0, 0.05) is 0 Å². The molecule has 0 atom stereocenters. The van der Waals surface area contributed by atoms with Crippen molar-refractivity contribution in [3.05, 3.63) is 0 Å². The van der Waals surface area contributed by atoms with Crippen LogP contribution in [0.25, 0.3) is 0 Å². The quantitative estimate of drug-likeness (QED) is 0.539. The van der Waals surface area contributed by atoms with E-state index in [0.29, 0.717) is 0 Å². The summed E-state index contributed by atoms with van der Waals surface area (Å²) in [6, 6.07) is 0. The average Bonchev–Trinajstić information content (AvgIpc) is 1.69. The summed E-state index contributed by atoms with van der Waals surface area (Å²) in [5, 5.41) is 2.96. The van der Waals surface area contributed by atoms with Crippen molar-refractivity contribution in [1.82, 2.24) is 0 Å². The van der Waals surface area contributed by atoms with E-state index in [9.17, 15) is 0 Å². The van der Waals surface area contributed by atoms with E-state index in [-0.39, 0.29) is 18.9 Å². The Kier molecular flexibility index (Phi) is 8.90. The van der Waals surface area contributed by atoms with Crippen LogP contribution in [0.4, 0.5) is 4.70 Å². The fourth-order valence-electron chi connectivity index (χ4n) is 1.23. The highest BCUT2D eigenvalue weighted by Crippen LogP contribution is 2.14. The van der Waals surface area contributed by atoms with Crippen molar-refractivity contribution < 1.29 is 4.70 Å². The monoisotopic (exact) mass is 148 g/mol. The van der Waals surface area contributed by atoms with Gasteiger partial charge in [0.25, 0.3) is 14.1 Å². The van der Waals surface area contributed by atoms with E-state index in [1.807, 2.05) is 0 Å². The van der Waals surface area contributed by atoms with E-state index < -0.39 is 0 Å². The summed E-state index contributed by atoms with van der Waals surface area (Å²) in [6.07, 6.45) is 0. The van der Waals surface area contributed by atoms with Gasteiger partial charge in [-0.15, -0.1) is 0 Å². The number of hydrogen-bond acceptors (Lipinski definition) is 0. The van der Waals surface area contributed by atoms with Crippen molar-refractivity contribution in [2.24, 2.45) is 0 Å². The molecule has 0 N–H and O–H groups in total. The van der Waals surface area contributed by atoms with Gasteiger partial charge >= 0.3 is 0 Å². The fourth-order valence-corrected chi connectivity index (χ4v) is 3.69. The Morgan fingerprint density at radius 3 is 1.44 bits per heavy atom. The third kappa shape index (κ3) is 4.94. The lowest BCUT2D eigenvalue weighted by molar-refractivity contribution is 1.00. The normalized spacial score (nSPS) is 9.00. The predicted molar refractivity (Wildman–Crippen MR) is 44.3 cm³/mol. The minimum absolute atomic E-state index is 0. The maximum atomic E-state index is 2.36. The molecule has 0 bridgehead atoms. The van der Waals surface area contributed by atoms with Crippen LogP contribution in [0.3, 0.4) is 0 Å². The van der Waals surface area contributed by atoms with Crippen LogP contribution in [0, 0.1) is 0 Å². The highest BCUT2D eigenvalue weighted by atomic mass is 27.2. The summed E-state index contributed by atoms with van der Waals surface area (Å²) in [4.78, 5) is 0. The van der Waals surface area contributed by atoms with Crippen LogP contribution >= 0.6 is 0 Å². The standard InChI is InChI=1S/C3H7.2C2H5.Al.FH/c1-3-2;2*1-2;;/h3H,1-2H3;2*1H2,2H3;;1H. The molecule has 0 unspecified atom stereocenters. The molecule has 56 valence electrons. The molecule has 0 aliphatic carbocycles. The van der Waals surface area contributed by atoms with Gasteiger partial charge in [-0.2, -0.15) is 0 Å². The fraction of sp³-hybridized carbons (Fsp3) is 1.00. The van der Waals surface area contributed by atoms with Crippen LogP contribution in [-0.4, -0.2) is 14.1 Å². The SMILES string of the molecule is C[CH2][Al]([CH2]C)[CH](C)C.F. The number of rotatable bonds is 3. The molecule has 0 aliphatic rings. The molecule has 0 saturated heterocycles. The molecular formula is C7H18AlF.